The number of amides is 1. The van der Waals surface area contributed by atoms with Crippen molar-refractivity contribution in [2.45, 2.75) is 43.4 Å². The molecule has 6 heteroatoms. The predicted molar refractivity (Wildman–Crippen MR) is 78.7 cm³/mol. The van der Waals surface area contributed by atoms with Crippen molar-refractivity contribution in [2.24, 2.45) is 5.73 Å². The summed E-state index contributed by atoms with van der Waals surface area (Å²) >= 11 is 3.22. The van der Waals surface area contributed by atoms with Gasteiger partial charge in [-0.3, -0.25) is 4.79 Å². The molecule has 0 aromatic carbocycles. The quantitative estimate of drug-likeness (QED) is 0.697. The SMILES string of the molecule is Cc1nc(SC(C)C(N)=O)c2c3c(sc2n1)CCC3. The molecule has 1 amide bonds. The molecule has 1 aliphatic carbocycles. The maximum Gasteiger partial charge on any atom is 0.230 e. The minimum Gasteiger partial charge on any atom is -0.369 e. The summed E-state index contributed by atoms with van der Waals surface area (Å²) in [6, 6.07) is 0. The number of fused-ring (bicyclic) bond motifs is 3. The lowest BCUT2D eigenvalue weighted by Gasteiger charge is -2.09. The molecule has 2 heterocycles. The van der Waals surface area contributed by atoms with E-state index in [-0.39, 0.29) is 11.2 Å². The van der Waals surface area contributed by atoms with Gasteiger partial charge in [-0.1, -0.05) is 11.8 Å². The highest BCUT2D eigenvalue weighted by molar-refractivity contribution is 8.00. The van der Waals surface area contributed by atoms with Crippen molar-refractivity contribution in [3.63, 3.8) is 0 Å². The van der Waals surface area contributed by atoms with Crippen LogP contribution in [0.15, 0.2) is 5.03 Å². The molecule has 0 radical (unpaired) electrons. The average molecular weight is 293 g/mol. The first-order chi connectivity index (χ1) is 9.06. The van der Waals surface area contributed by atoms with Gasteiger partial charge in [0.2, 0.25) is 5.91 Å². The van der Waals surface area contributed by atoms with E-state index in [1.54, 1.807) is 11.3 Å². The van der Waals surface area contributed by atoms with Crippen molar-refractivity contribution in [1.82, 2.24) is 9.97 Å². The number of rotatable bonds is 3. The van der Waals surface area contributed by atoms with E-state index < -0.39 is 0 Å². The molecule has 19 heavy (non-hydrogen) atoms. The van der Waals surface area contributed by atoms with Crippen LogP contribution in [0.4, 0.5) is 0 Å². The van der Waals surface area contributed by atoms with Gasteiger partial charge in [-0.25, -0.2) is 9.97 Å². The second-order valence-electron chi connectivity index (χ2n) is 4.78. The fourth-order valence-electron chi connectivity index (χ4n) is 2.37. The van der Waals surface area contributed by atoms with E-state index in [9.17, 15) is 4.79 Å². The Kier molecular flexibility index (Phi) is 3.22. The summed E-state index contributed by atoms with van der Waals surface area (Å²) in [5, 5.41) is 1.80. The molecular weight excluding hydrogens is 278 g/mol. The Bertz CT molecular complexity index is 665. The van der Waals surface area contributed by atoms with Crippen LogP contribution in [0.3, 0.4) is 0 Å². The van der Waals surface area contributed by atoms with Crippen molar-refractivity contribution in [3.8, 4) is 0 Å². The molecule has 0 fully saturated rings. The molecule has 1 unspecified atom stereocenters. The Morgan fingerprint density at radius 1 is 1.42 bits per heavy atom. The maximum absolute atomic E-state index is 11.3. The second-order valence-corrected chi connectivity index (χ2v) is 7.19. The largest absolute Gasteiger partial charge is 0.369 e. The molecule has 0 saturated heterocycles. The highest BCUT2D eigenvalue weighted by Gasteiger charge is 2.23. The van der Waals surface area contributed by atoms with Gasteiger partial charge in [0, 0.05) is 10.3 Å². The number of carbonyl (C=O) groups is 1. The smallest absolute Gasteiger partial charge is 0.230 e. The third-order valence-electron chi connectivity index (χ3n) is 3.33. The molecule has 0 spiro atoms. The van der Waals surface area contributed by atoms with Gasteiger partial charge in [-0.05, 0) is 38.7 Å². The first-order valence-corrected chi connectivity index (χ1v) is 8.00. The molecule has 2 aromatic heterocycles. The van der Waals surface area contributed by atoms with Crippen LogP contribution >= 0.6 is 23.1 Å². The Morgan fingerprint density at radius 3 is 2.95 bits per heavy atom. The molecule has 0 saturated carbocycles. The third kappa shape index (κ3) is 2.23. The molecule has 100 valence electrons. The van der Waals surface area contributed by atoms with Crippen LogP contribution in [-0.4, -0.2) is 21.1 Å². The standard InChI is InChI=1S/C13H15N3OS2/c1-6(11(14)17)18-12-10-8-4-3-5-9(8)19-13(10)16-7(2)15-12/h6H,3-5H2,1-2H3,(H2,14,17). The Hall–Kier alpha value is -1.14. The molecule has 0 bridgehead atoms. The predicted octanol–water partition coefficient (Wildman–Crippen LogP) is 2.45. The Labute approximate surface area is 119 Å². The van der Waals surface area contributed by atoms with E-state index in [0.717, 1.165) is 33.9 Å². The van der Waals surface area contributed by atoms with Crippen molar-refractivity contribution in [1.29, 1.82) is 0 Å². The molecule has 0 aliphatic heterocycles. The lowest BCUT2D eigenvalue weighted by molar-refractivity contribution is -0.117. The summed E-state index contributed by atoms with van der Waals surface area (Å²) in [5.41, 5.74) is 6.74. The summed E-state index contributed by atoms with van der Waals surface area (Å²) in [5.74, 6) is 0.452. The van der Waals surface area contributed by atoms with Crippen LogP contribution in [-0.2, 0) is 17.6 Å². The number of carbonyl (C=O) groups excluding carboxylic acids is 1. The normalized spacial score (nSPS) is 15.7. The van der Waals surface area contributed by atoms with E-state index in [4.69, 9.17) is 5.73 Å². The number of hydrogen-bond donors (Lipinski definition) is 1. The van der Waals surface area contributed by atoms with Gasteiger partial charge < -0.3 is 5.73 Å². The van der Waals surface area contributed by atoms with Gasteiger partial charge in [0.15, 0.2) is 0 Å². The summed E-state index contributed by atoms with van der Waals surface area (Å²) < 4.78 is 0. The number of aromatic nitrogens is 2. The average Bonchev–Trinajstić information content (AvgIpc) is 2.87. The zero-order chi connectivity index (χ0) is 13.6. The van der Waals surface area contributed by atoms with Gasteiger partial charge >= 0.3 is 0 Å². The zero-order valence-corrected chi connectivity index (χ0v) is 12.5. The van der Waals surface area contributed by atoms with Crippen molar-refractivity contribution >= 4 is 39.2 Å². The van der Waals surface area contributed by atoms with Crippen molar-refractivity contribution in [3.05, 3.63) is 16.3 Å². The molecule has 1 aliphatic rings. The molecular formula is C13H15N3OS2. The highest BCUT2D eigenvalue weighted by Crippen LogP contribution is 2.41. The van der Waals surface area contributed by atoms with E-state index in [1.165, 1.54) is 28.6 Å². The lowest BCUT2D eigenvalue weighted by atomic mass is 10.2. The fourth-order valence-corrected chi connectivity index (χ4v) is 4.72. The van der Waals surface area contributed by atoms with Crippen LogP contribution in [0, 0.1) is 6.92 Å². The fraction of sp³-hybridized carbons (Fsp3) is 0.462. The number of nitrogens with zero attached hydrogens (tertiary/aromatic N) is 2. The van der Waals surface area contributed by atoms with Gasteiger partial charge in [-0.15, -0.1) is 11.3 Å². The van der Waals surface area contributed by atoms with Crippen LogP contribution in [0.25, 0.3) is 10.2 Å². The van der Waals surface area contributed by atoms with Crippen molar-refractivity contribution < 1.29 is 4.79 Å². The minimum absolute atomic E-state index is 0.269. The summed E-state index contributed by atoms with van der Waals surface area (Å²) in [6.07, 6.45) is 3.45. The third-order valence-corrected chi connectivity index (χ3v) is 5.62. The van der Waals surface area contributed by atoms with Crippen molar-refractivity contribution in [2.75, 3.05) is 0 Å². The Morgan fingerprint density at radius 2 is 2.21 bits per heavy atom. The molecule has 1 atom stereocenters. The number of thioether (sulfide) groups is 1. The lowest BCUT2D eigenvalue weighted by Crippen LogP contribution is -2.22. The molecule has 2 N–H and O–H groups in total. The van der Waals surface area contributed by atoms with E-state index in [1.807, 2.05) is 13.8 Å². The monoisotopic (exact) mass is 293 g/mol. The van der Waals surface area contributed by atoms with Crippen LogP contribution < -0.4 is 5.73 Å². The van der Waals surface area contributed by atoms with Gasteiger partial charge in [0.1, 0.15) is 15.7 Å². The first kappa shape index (κ1) is 12.9. The number of primary amides is 1. The number of nitrogens with two attached hydrogens (primary N) is 1. The molecule has 3 rings (SSSR count). The Balaban J connectivity index is 2.14. The number of thiophene rings is 1. The van der Waals surface area contributed by atoms with Gasteiger partial charge in [-0.2, -0.15) is 0 Å². The molecule has 2 aromatic rings. The second kappa shape index (κ2) is 4.76. The summed E-state index contributed by atoms with van der Waals surface area (Å²) in [6.45, 7) is 3.71. The number of hydrogen-bond acceptors (Lipinski definition) is 5. The molecule has 4 nitrogen and oxygen atoms in total. The highest BCUT2D eigenvalue weighted by atomic mass is 32.2. The van der Waals surface area contributed by atoms with E-state index in [0.29, 0.717) is 0 Å². The number of aryl methyl sites for hydroxylation is 3. The van der Waals surface area contributed by atoms with Gasteiger partial charge in [0.25, 0.3) is 0 Å². The van der Waals surface area contributed by atoms with Crippen LogP contribution in [0.1, 0.15) is 29.6 Å². The summed E-state index contributed by atoms with van der Waals surface area (Å²) in [4.78, 5) is 22.8. The first-order valence-electron chi connectivity index (χ1n) is 6.31. The minimum atomic E-state index is -0.304. The topological polar surface area (TPSA) is 68.9 Å². The van der Waals surface area contributed by atoms with Crippen LogP contribution in [0.5, 0.6) is 0 Å². The van der Waals surface area contributed by atoms with E-state index in [2.05, 4.69) is 9.97 Å². The maximum atomic E-state index is 11.3. The van der Waals surface area contributed by atoms with Crippen LogP contribution in [0.2, 0.25) is 0 Å². The summed E-state index contributed by atoms with van der Waals surface area (Å²) in [7, 11) is 0. The zero-order valence-electron chi connectivity index (χ0n) is 10.9. The van der Waals surface area contributed by atoms with E-state index >= 15 is 0 Å². The van der Waals surface area contributed by atoms with Gasteiger partial charge in [0.05, 0.1) is 5.25 Å².